The number of carboxylic acid groups (broad SMARTS) is 1. The number of carboxylic acids is 1. The average Bonchev–Trinajstić information content (AvgIpc) is 2.20. The Bertz CT molecular complexity index is 371. The molecule has 0 saturated heterocycles. The van der Waals surface area contributed by atoms with E-state index >= 15 is 0 Å². The summed E-state index contributed by atoms with van der Waals surface area (Å²) in [7, 11) is 0. The van der Waals surface area contributed by atoms with Crippen LogP contribution in [-0.4, -0.2) is 17.6 Å². The van der Waals surface area contributed by atoms with Crippen molar-refractivity contribution in [3.63, 3.8) is 0 Å². The molecule has 0 heterocycles. The van der Waals surface area contributed by atoms with E-state index < -0.39 is 5.97 Å². The summed E-state index contributed by atoms with van der Waals surface area (Å²) in [6.07, 6.45) is 1.64. The van der Waals surface area contributed by atoms with Gasteiger partial charge in [0.15, 0.2) is 0 Å². The van der Waals surface area contributed by atoms with Gasteiger partial charge in [-0.15, -0.1) is 0 Å². The maximum Gasteiger partial charge on any atom is 0.303 e. The Morgan fingerprint density at radius 1 is 1.44 bits per heavy atom. The molecule has 0 amide bonds. The van der Waals surface area contributed by atoms with Crippen LogP contribution in [0.15, 0.2) is 18.2 Å². The number of benzene rings is 1. The van der Waals surface area contributed by atoms with Gasteiger partial charge in [-0.3, -0.25) is 4.79 Å². The molecule has 3 nitrogen and oxygen atoms in total. The Morgan fingerprint density at radius 2 is 2.19 bits per heavy atom. The predicted molar refractivity (Wildman–Crippen MR) is 69.1 cm³/mol. The second-order valence-corrected chi connectivity index (χ2v) is 4.56. The third kappa shape index (κ3) is 4.78. The first-order valence-corrected chi connectivity index (χ1v) is 6.08. The third-order valence-electron chi connectivity index (χ3n) is 2.06. The van der Waals surface area contributed by atoms with Gasteiger partial charge in [0.2, 0.25) is 0 Å². The normalized spacial score (nSPS) is 10.1. The van der Waals surface area contributed by atoms with Gasteiger partial charge in [-0.25, -0.2) is 4.39 Å². The summed E-state index contributed by atoms with van der Waals surface area (Å²) < 4.78 is 13.6. The first kappa shape index (κ1) is 13.2. The van der Waals surface area contributed by atoms with E-state index in [4.69, 9.17) is 5.11 Å². The average molecular weight is 337 g/mol. The summed E-state index contributed by atoms with van der Waals surface area (Å²) in [5, 5.41) is 11.6. The number of nitrogens with one attached hydrogen (secondary N) is 1. The molecule has 5 heteroatoms. The van der Waals surface area contributed by atoms with Gasteiger partial charge in [0, 0.05) is 22.2 Å². The smallest absolute Gasteiger partial charge is 0.303 e. The molecule has 16 heavy (non-hydrogen) atoms. The van der Waals surface area contributed by atoms with Crippen LogP contribution in [0.4, 0.5) is 10.1 Å². The zero-order chi connectivity index (χ0) is 12.0. The Labute approximate surface area is 107 Å². The molecule has 0 saturated carbocycles. The number of anilines is 1. The van der Waals surface area contributed by atoms with Gasteiger partial charge < -0.3 is 10.4 Å². The highest BCUT2D eigenvalue weighted by Crippen LogP contribution is 2.18. The number of hydrogen-bond donors (Lipinski definition) is 2. The minimum absolute atomic E-state index is 0.197. The second-order valence-electron chi connectivity index (χ2n) is 3.40. The molecule has 0 fully saturated rings. The lowest BCUT2D eigenvalue weighted by Gasteiger charge is -2.07. The van der Waals surface area contributed by atoms with Crippen LogP contribution < -0.4 is 5.32 Å². The van der Waals surface area contributed by atoms with Gasteiger partial charge in [0.25, 0.3) is 0 Å². The van der Waals surface area contributed by atoms with Crippen molar-refractivity contribution in [3.8, 4) is 0 Å². The molecule has 0 aliphatic heterocycles. The maximum atomic E-state index is 12.8. The van der Waals surface area contributed by atoms with E-state index in [1.807, 2.05) is 0 Å². The van der Waals surface area contributed by atoms with Gasteiger partial charge in [-0.1, -0.05) is 0 Å². The summed E-state index contributed by atoms with van der Waals surface area (Å²) in [6, 6.07) is 4.55. The highest BCUT2D eigenvalue weighted by molar-refractivity contribution is 14.1. The van der Waals surface area contributed by atoms with E-state index in [9.17, 15) is 9.18 Å². The second kappa shape index (κ2) is 6.67. The SMILES string of the molecule is O=C(O)CCCCNc1ccc(F)cc1I. The van der Waals surface area contributed by atoms with E-state index in [-0.39, 0.29) is 12.2 Å². The minimum Gasteiger partial charge on any atom is -0.481 e. The third-order valence-corrected chi connectivity index (χ3v) is 2.96. The van der Waals surface area contributed by atoms with E-state index in [2.05, 4.69) is 27.9 Å². The number of carbonyl (C=O) groups is 1. The van der Waals surface area contributed by atoms with Crippen LogP contribution in [0.2, 0.25) is 0 Å². The Hall–Kier alpha value is -0.850. The zero-order valence-corrected chi connectivity index (χ0v) is 10.8. The maximum absolute atomic E-state index is 12.8. The summed E-state index contributed by atoms with van der Waals surface area (Å²) >= 11 is 2.06. The van der Waals surface area contributed by atoms with Gasteiger partial charge in [-0.2, -0.15) is 0 Å². The standard InChI is InChI=1S/C11H13FINO2/c12-8-4-5-10(9(13)7-8)14-6-2-1-3-11(15)16/h4-5,7,14H,1-3,6H2,(H,15,16). The highest BCUT2D eigenvalue weighted by Gasteiger charge is 2.01. The van der Waals surface area contributed by atoms with Crippen molar-refractivity contribution in [1.29, 1.82) is 0 Å². The number of hydrogen-bond acceptors (Lipinski definition) is 2. The first-order valence-electron chi connectivity index (χ1n) is 5.00. The summed E-state index contributed by atoms with van der Waals surface area (Å²) in [4.78, 5) is 10.3. The number of unbranched alkanes of at least 4 members (excludes halogenated alkanes) is 1. The molecule has 2 N–H and O–H groups in total. The van der Waals surface area contributed by atoms with Crippen LogP contribution in [0, 0.1) is 9.39 Å². The van der Waals surface area contributed by atoms with Crippen molar-refractivity contribution < 1.29 is 14.3 Å². The molecule has 0 bridgehead atoms. The molecule has 0 aliphatic rings. The lowest BCUT2D eigenvalue weighted by atomic mass is 10.2. The van der Waals surface area contributed by atoms with Gasteiger partial charge in [0.05, 0.1) is 0 Å². The topological polar surface area (TPSA) is 49.3 Å². The molecule has 1 aromatic carbocycles. The monoisotopic (exact) mass is 337 g/mol. The Kier molecular flexibility index (Phi) is 5.51. The zero-order valence-electron chi connectivity index (χ0n) is 8.67. The van der Waals surface area contributed by atoms with Crippen molar-refractivity contribution in [1.82, 2.24) is 0 Å². The minimum atomic E-state index is -0.767. The van der Waals surface area contributed by atoms with Crippen LogP contribution in [0.5, 0.6) is 0 Å². The lowest BCUT2D eigenvalue weighted by Crippen LogP contribution is -2.04. The molecule has 0 atom stereocenters. The van der Waals surface area contributed by atoms with Crippen molar-refractivity contribution in [3.05, 3.63) is 27.6 Å². The van der Waals surface area contributed by atoms with Crippen LogP contribution >= 0.6 is 22.6 Å². The molecule has 1 rings (SSSR count). The number of rotatable bonds is 6. The van der Waals surface area contributed by atoms with Crippen molar-refractivity contribution >= 4 is 34.2 Å². The molecule has 0 aliphatic carbocycles. The molecule has 1 aromatic rings. The Balaban J connectivity index is 2.29. The number of aliphatic carboxylic acids is 1. The molecule has 0 radical (unpaired) electrons. The molecular formula is C11H13FINO2. The van der Waals surface area contributed by atoms with Crippen LogP contribution in [-0.2, 0) is 4.79 Å². The van der Waals surface area contributed by atoms with E-state index in [0.29, 0.717) is 13.0 Å². The van der Waals surface area contributed by atoms with Crippen molar-refractivity contribution in [2.75, 3.05) is 11.9 Å². The van der Waals surface area contributed by atoms with Gasteiger partial charge in [-0.05, 0) is 53.6 Å². The predicted octanol–water partition coefficient (Wildman–Crippen LogP) is 3.10. The van der Waals surface area contributed by atoms with Crippen molar-refractivity contribution in [2.45, 2.75) is 19.3 Å². The summed E-state index contributed by atoms with van der Waals surface area (Å²) in [5.41, 5.74) is 0.886. The van der Waals surface area contributed by atoms with Gasteiger partial charge >= 0.3 is 5.97 Å². The summed E-state index contributed by atoms with van der Waals surface area (Å²) in [6.45, 7) is 0.703. The van der Waals surface area contributed by atoms with E-state index in [1.165, 1.54) is 12.1 Å². The first-order chi connectivity index (χ1) is 7.59. The fourth-order valence-electron chi connectivity index (χ4n) is 1.26. The fourth-order valence-corrected chi connectivity index (χ4v) is 1.93. The molecular weight excluding hydrogens is 324 g/mol. The van der Waals surface area contributed by atoms with Crippen LogP contribution in [0.3, 0.4) is 0 Å². The molecule has 0 spiro atoms. The van der Waals surface area contributed by atoms with E-state index in [0.717, 1.165) is 15.7 Å². The van der Waals surface area contributed by atoms with Crippen LogP contribution in [0.1, 0.15) is 19.3 Å². The fraction of sp³-hybridized carbons (Fsp3) is 0.364. The quantitative estimate of drug-likeness (QED) is 0.620. The largest absolute Gasteiger partial charge is 0.481 e. The Morgan fingerprint density at radius 3 is 2.81 bits per heavy atom. The molecule has 0 unspecified atom stereocenters. The lowest BCUT2D eigenvalue weighted by molar-refractivity contribution is -0.137. The van der Waals surface area contributed by atoms with Crippen molar-refractivity contribution in [2.24, 2.45) is 0 Å². The molecule has 0 aromatic heterocycles. The summed E-state index contributed by atoms with van der Waals surface area (Å²) in [5.74, 6) is -1.02. The highest BCUT2D eigenvalue weighted by atomic mass is 127. The number of halogens is 2. The molecule has 88 valence electrons. The van der Waals surface area contributed by atoms with Gasteiger partial charge in [0.1, 0.15) is 5.82 Å². The van der Waals surface area contributed by atoms with E-state index in [1.54, 1.807) is 6.07 Å². The van der Waals surface area contributed by atoms with Crippen LogP contribution in [0.25, 0.3) is 0 Å².